The molecule has 38 heavy (non-hydrogen) atoms. The Bertz CT molecular complexity index is 1380. The Balaban J connectivity index is 1.43. The van der Waals surface area contributed by atoms with Gasteiger partial charge in [0.25, 0.3) is 0 Å². The summed E-state index contributed by atoms with van der Waals surface area (Å²) in [6.45, 7) is 3.09. The summed E-state index contributed by atoms with van der Waals surface area (Å²) in [5.41, 5.74) is 3.95. The van der Waals surface area contributed by atoms with Crippen LogP contribution in [0.3, 0.4) is 0 Å². The van der Waals surface area contributed by atoms with Crippen LogP contribution in [0, 0.1) is 0 Å². The highest BCUT2D eigenvalue weighted by atomic mass is 16.5. The van der Waals surface area contributed by atoms with E-state index in [-0.39, 0.29) is 17.4 Å². The molecule has 0 saturated carbocycles. The third kappa shape index (κ3) is 5.34. The third-order valence-corrected chi connectivity index (χ3v) is 6.80. The smallest absolute Gasteiger partial charge is 0.335 e. The van der Waals surface area contributed by atoms with Crippen molar-refractivity contribution in [1.82, 2.24) is 4.90 Å². The van der Waals surface area contributed by atoms with Crippen LogP contribution >= 0.6 is 0 Å². The lowest BCUT2D eigenvalue weighted by molar-refractivity contribution is -0.120. The van der Waals surface area contributed by atoms with Crippen LogP contribution in [0.2, 0.25) is 0 Å². The van der Waals surface area contributed by atoms with Gasteiger partial charge in [-0.1, -0.05) is 36.4 Å². The molecule has 2 amide bonds. The van der Waals surface area contributed by atoms with Crippen molar-refractivity contribution < 1.29 is 24.2 Å². The van der Waals surface area contributed by atoms with Gasteiger partial charge < -0.3 is 20.1 Å². The van der Waals surface area contributed by atoms with Crippen LogP contribution in [-0.2, 0) is 14.3 Å². The molecule has 0 radical (unpaired) electrons. The Morgan fingerprint density at radius 3 is 2.42 bits per heavy atom. The molecule has 1 fully saturated rings. The summed E-state index contributed by atoms with van der Waals surface area (Å²) in [4.78, 5) is 45.9. The number of hydrogen-bond acceptors (Lipinski definition) is 6. The number of ether oxygens (including phenoxy) is 1. The molecule has 2 aliphatic rings. The molecule has 2 heterocycles. The van der Waals surface area contributed by atoms with Gasteiger partial charge in [-0.3, -0.25) is 19.5 Å². The molecule has 5 rings (SSSR count). The average molecular weight is 513 g/mol. The van der Waals surface area contributed by atoms with Crippen LogP contribution in [0.1, 0.15) is 27.4 Å². The summed E-state index contributed by atoms with van der Waals surface area (Å²) in [6, 6.07) is 21.4. The molecule has 1 unspecified atom stereocenters. The fourth-order valence-electron chi connectivity index (χ4n) is 4.66. The quantitative estimate of drug-likeness (QED) is 0.469. The van der Waals surface area contributed by atoms with E-state index in [0.717, 1.165) is 24.3 Å². The van der Waals surface area contributed by atoms with Gasteiger partial charge in [-0.15, -0.1) is 0 Å². The molecule has 3 aromatic carbocycles. The minimum absolute atomic E-state index is 0.00640. The first kappa shape index (κ1) is 25.3. The van der Waals surface area contributed by atoms with Gasteiger partial charge in [0.1, 0.15) is 5.92 Å². The van der Waals surface area contributed by atoms with Gasteiger partial charge in [0.15, 0.2) is 0 Å². The lowest BCUT2D eigenvalue weighted by Crippen LogP contribution is -2.43. The molecule has 2 aliphatic heterocycles. The highest BCUT2D eigenvalue weighted by Gasteiger charge is 2.36. The zero-order valence-electron chi connectivity index (χ0n) is 21.0. The standard InChI is InChI=1S/C29H28N4O5/c1-32(25(34)18-33-13-15-38-16-14-33)22-10-8-21(9-11-22)30-27(19-5-3-2-4-6-19)26-23-12-7-20(29(36)37)17-24(23)31-28(26)35/h2-12,17,26H,13-16,18H2,1H3,(H,31,35)(H,36,37). The van der Waals surface area contributed by atoms with E-state index in [1.165, 1.54) is 12.1 Å². The summed E-state index contributed by atoms with van der Waals surface area (Å²) in [7, 11) is 1.75. The Morgan fingerprint density at radius 1 is 1.03 bits per heavy atom. The molecule has 0 spiro atoms. The van der Waals surface area contributed by atoms with Crippen molar-refractivity contribution in [3.8, 4) is 0 Å². The maximum Gasteiger partial charge on any atom is 0.335 e. The summed E-state index contributed by atoms with van der Waals surface area (Å²) in [5, 5.41) is 12.1. The fraction of sp³-hybridized carbons (Fsp3) is 0.241. The van der Waals surface area contributed by atoms with Crippen LogP contribution in [0.15, 0.2) is 77.8 Å². The van der Waals surface area contributed by atoms with Gasteiger partial charge in [0, 0.05) is 31.5 Å². The molecule has 1 saturated heterocycles. The second kappa shape index (κ2) is 11.0. The number of carbonyl (C=O) groups excluding carboxylic acids is 2. The highest BCUT2D eigenvalue weighted by Crippen LogP contribution is 2.37. The molecule has 2 N–H and O–H groups in total. The van der Waals surface area contributed by atoms with Gasteiger partial charge >= 0.3 is 5.97 Å². The minimum atomic E-state index is -1.06. The van der Waals surface area contributed by atoms with Crippen LogP contribution in [0.25, 0.3) is 0 Å². The number of nitrogens with zero attached hydrogens (tertiary/aromatic N) is 3. The van der Waals surface area contributed by atoms with Crippen molar-refractivity contribution in [2.45, 2.75) is 5.92 Å². The molecular formula is C29H28N4O5. The molecule has 9 nitrogen and oxygen atoms in total. The van der Waals surface area contributed by atoms with E-state index < -0.39 is 11.9 Å². The van der Waals surface area contributed by atoms with E-state index in [2.05, 4.69) is 10.2 Å². The topological polar surface area (TPSA) is 112 Å². The van der Waals surface area contributed by atoms with Gasteiger partial charge in [-0.2, -0.15) is 0 Å². The number of aliphatic imine (C=N–C) groups is 1. The first-order chi connectivity index (χ1) is 18.4. The van der Waals surface area contributed by atoms with E-state index in [4.69, 9.17) is 9.73 Å². The van der Waals surface area contributed by atoms with Crippen LogP contribution in [0.5, 0.6) is 0 Å². The molecule has 0 aromatic heterocycles. The Labute approximate surface area is 220 Å². The second-order valence-electron chi connectivity index (χ2n) is 9.25. The van der Waals surface area contributed by atoms with Gasteiger partial charge in [0.05, 0.1) is 36.7 Å². The zero-order valence-corrected chi connectivity index (χ0v) is 21.0. The van der Waals surface area contributed by atoms with E-state index in [0.29, 0.717) is 42.4 Å². The van der Waals surface area contributed by atoms with Crippen molar-refractivity contribution in [1.29, 1.82) is 0 Å². The number of morpholine rings is 1. The minimum Gasteiger partial charge on any atom is -0.478 e. The monoisotopic (exact) mass is 512 g/mol. The molecular weight excluding hydrogens is 484 g/mol. The number of anilines is 2. The number of carboxylic acids is 1. The van der Waals surface area contributed by atoms with Crippen molar-refractivity contribution in [2.24, 2.45) is 4.99 Å². The van der Waals surface area contributed by atoms with Gasteiger partial charge in [-0.05, 0) is 47.5 Å². The number of carbonyl (C=O) groups is 3. The largest absolute Gasteiger partial charge is 0.478 e. The fourth-order valence-corrected chi connectivity index (χ4v) is 4.66. The van der Waals surface area contributed by atoms with Gasteiger partial charge in [-0.25, -0.2) is 4.79 Å². The van der Waals surface area contributed by atoms with Gasteiger partial charge in [0.2, 0.25) is 11.8 Å². The Kier molecular flexibility index (Phi) is 7.30. The summed E-state index contributed by atoms with van der Waals surface area (Å²) in [5.74, 6) is -2.04. The maximum absolute atomic E-state index is 13.1. The lowest BCUT2D eigenvalue weighted by atomic mass is 9.90. The number of hydrogen-bond donors (Lipinski definition) is 2. The molecule has 0 bridgehead atoms. The van der Waals surface area contributed by atoms with Crippen molar-refractivity contribution in [3.63, 3.8) is 0 Å². The number of carboxylic acid groups (broad SMARTS) is 1. The molecule has 9 heteroatoms. The number of benzene rings is 3. The predicted molar refractivity (Wildman–Crippen MR) is 145 cm³/mol. The Hall–Kier alpha value is -4.34. The normalized spacial score (nSPS) is 17.6. The SMILES string of the molecule is CN(C(=O)CN1CCOCC1)c1ccc(N=C(c2ccccc2)C2C(=O)Nc3cc(C(=O)O)ccc32)cc1. The predicted octanol–water partition coefficient (Wildman–Crippen LogP) is 3.54. The van der Waals surface area contributed by atoms with E-state index in [1.54, 1.807) is 18.0 Å². The Morgan fingerprint density at radius 2 is 1.74 bits per heavy atom. The molecule has 0 aliphatic carbocycles. The number of aromatic carboxylic acids is 1. The lowest BCUT2D eigenvalue weighted by Gasteiger charge is -2.28. The zero-order chi connectivity index (χ0) is 26.6. The van der Waals surface area contributed by atoms with Crippen molar-refractivity contribution in [2.75, 3.05) is 50.1 Å². The van der Waals surface area contributed by atoms with Crippen LogP contribution in [0.4, 0.5) is 17.1 Å². The maximum atomic E-state index is 13.1. The number of likely N-dealkylation sites (N-methyl/N-ethyl adjacent to an activating group) is 1. The van der Waals surface area contributed by atoms with E-state index in [9.17, 15) is 19.5 Å². The molecule has 194 valence electrons. The van der Waals surface area contributed by atoms with Crippen molar-refractivity contribution in [3.05, 3.63) is 89.5 Å². The van der Waals surface area contributed by atoms with Crippen LogP contribution < -0.4 is 10.2 Å². The molecule has 3 aromatic rings. The van der Waals surface area contributed by atoms with E-state index in [1.807, 2.05) is 54.6 Å². The summed E-state index contributed by atoms with van der Waals surface area (Å²) < 4.78 is 5.35. The number of fused-ring (bicyclic) bond motifs is 1. The highest BCUT2D eigenvalue weighted by molar-refractivity contribution is 6.24. The first-order valence-electron chi connectivity index (χ1n) is 12.4. The third-order valence-electron chi connectivity index (χ3n) is 6.80. The summed E-state index contributed by atoms with van der Waals surface area (Å²) in [6.07, 6.45) is 0. The first-order valence-corrected chi connectivity index (χ1v) is 12.4. The number of nitrogens with one attached hydrogen (secondary N) is 1. The summed E-state index contributed by atoms with van der Waals surface area (Å²) >= 11 is 0. The van der Waals surface area contributed by atoms with Crippen molar-refractivity contribution >= 4 is 40.6 Å². The van der Waals surface area contributed by atoms with E-state index >= 15 is 0 Å². The number of rotatable bonds is 7. The molecule has 1 atom stereocenters. The second-order valence-corrected chi connectivity index (χ2v) is 9.25. The van der Waals surface area contributed by atoms with Crippen LogP contribution in [-0.4, -0.2) is 73.4 Å². The number of amides is 2. The average Bonchev–Trinajstić information content (AvgIpc) is 3.27.